The minimum absolute atomic E-state index is 0.0321. The molecule has 2 nitrogen and oxygen atoms in total. The molecule has 1 unspecified atom stereocenters. The number of nitrogens with one attached hydrogen (secondary N) is 1. The Morgan fingerprint density at radius 1 is 1.18 bits per heavy atom. The first-order valence-electron chi connectivity index (χ1n) is 5.11. The van der Waals surface area contributed by atoms with Gasteiger partial charge < -0.3 is 10.1 Å². The lowest BCUT2D eigenvalue weighted by atomic mass is 10.1. The standard InChI is InChI=1S/C11H13F4NO/c1-2-16-9(10(12)13)7-5-3-4-6-8(7)17-11(14)15/h3-6,9-11,16H,2H2,1H3. The van der Waals surface area contributed by atoms with Crippen molar-refractivity contribution in [2.24, 2.45) is 0 Å². The topological polar surface area (TPSA) is 21.3 Å². The van der Waals surface area contributed by atoms with Crippen molar-refractivity contribution in [3.63, 3.8) is 0 Å². The second-order valence-electron chi connectivity index (χ2n) is 3.29. The van der Waals surface area contributed by atoms with Crippen molar-refractivity contribution in [1.82, 2.24) is 5.32 Å². The van der Waals surface area contributed by atoms with Crippen LogP contribution in [0.4, 0.5) is 17.6 Å². The summed E-state index contributed by atoms with van der Waals surface area (Å²) in [6.45, 7) is -1.07. The second kappa shape index (κ2) is 6.44. The van der Waals surface area contributed by atoms with Gasteiger partial charge in [-0.1, -0.05) is 25.1 Å². The van der Waals surface area contributed by atoms with E-state index in [1.54, 1.807) is 6.92 Å². The zero-order valence-electron chi connectivity index (χ0n) is 9.17. The van der Waals surface area contributed by atoms with Crippen LogP contribution in [0.1, 0.15) is 18.5 Å². The summed E-state index contributed by atoms with van der Waals surface area (Å²) in [5.41, 5.74) is 0.0321. The van der Waals surface area contributed by atoms with E-state index in [0.717, 1.165) is 0 Å². The first-order valence-corrected chi connectivity index (χ1v) is 5.11. The zero-order chi connectivity index (χ0) is 12.8. The molecule has 1 aromatic carbocycles. The van der Waals surface area contributed by atoms with E-state index in [2.05, 4.69) is 10.1 Å². The maximum Gasteiger partial charge on any atom is 0.387 e. The van der Waals surface area contributed by atoms with E-state index in [4.69, 9.17) is 0 Å². The van der Waals surface area contributed by atoms with Crippen molar-refractivity contribution in [3.05, 3.63) is 29.8 Å². The summed E-state index contributed by atoms with van der Waals surface area (Å²) in [4.78, 5) is 0. The molecule has 0 radical (unpaired) electrons. The van der Waals surface area contributed by atoms with Crippen LogP contribution in [0.5, 0.6) is 5.75 Å². The Kier molecular flexibility index (Phi) is 5.21. The smallest absolute Gasteiger partial charge is 0.387 e. The molecule has 1 aromatic rings. The molecule has 0 aromatic heterocycles. The average Bonchev–Trinajstić information content (AvgIpc) is 2.26. The van der Waals surface area contributed by atoms with E-state index in [9.17, 15) is 17.6 Å². The molecular formula is C11H13F4NO. The summed E-state index contributed by atoms with van der Waals surface area (Å²) in [7, 11) is 0. The number of benzene rings is 1. The summed E-state index contributed by atoms with van der Waals surface area (Å²) in [5.74, 6) is -0.228. The predicted molar refractivity (Wildman–Crippen MR) is 55.5 cm³/mol. The van der Waals surface area contributed by atoms with E-state index in [0.29, 0.717) is 6.54 Å². The van der Waals surface area contributed by atoms with Crippen molar-refractivity contribution in [1.29, 1.82) is 0 Å². The Balaban J connectivity index is 3.00. The van der Waals surface area contributed by atoms with Gasteiger partial charge in [-0.05, 0) is 12.6 Å². The van der Waals surface area contributed by atoms with E-state index in [1.807, 2.05) is 0 Å². The van der Waals surface area contributed by atoms with E-state index >= 15 is 0 Å². The summed E-state index contributed by atoms with van der Waals surface area (Å²) >= 11 is 0. The van der Waals surface area contributed by atoms with Crippen molar-refractivity contribution < 1.29 is 22.3 Å². The first-order chi connectivity index (χ1) is 8.06. The van der Waals surface area contributed by atoms with Crippen molar-refractivity contribution in [2.45, 2.75) is 26.0 Å². The summed E-state index contributed by atoms with van der Waals surface area (Å²) in [6, 6.07) is 4.23. The number of ether oxygens (including phenoxy) is 1. The Morgan fingerprint density at radius 3 is 2.35 bits per heavy atom. The van der Waals surface area contributed by atoms with E-state index in [-0.39, 0.29) is 11.3 Å². The molecule has 17 heavy (non-hydrogen) atoms. The molecule has 0 aliphatic rings. The fourth-order valence-corrected chi connectivity index (χ4v) is 1.50. The van der Waals surface area contributed by atoms with Gasteiger partial charge in [0, 0.05) is 5.56 Å². The molecule has 1 rings (SSSR count). The van der Waals surface area contributed by atoms with Gasteiger partial charge in [0.25, 0.3) is 6.43 Å². The molecule has 0 saturated carbocycles. The number of halogens is 4. The molecule has 0 aliphatic carbocycles. The molecule has 0 aliphatic heterocycles. The van der Waals surface area contributed by atoms with Gasteiger partial charge in [0.2, 0.25) is 0 Å². The Hall–Kier alpha value is -1.30. The van der Waals surface area contributed by atoms with Crippen LogP contribution in [0.25, 0.3) is 0 Å². The molecule has 96 valence electrons. The third-order valence-corrected chi connectivity index (χ3v) is 2.15. The Bertz CT molecular complexity index is 346. The molecule has 0 bridgehead atoms. The van der Waals surface area contributed by atoms with Crippen LogP contribution in [0.2, 0.25) is 0 Å². The van der Waals surface area contributed by atoms with Gasteiger partial charge in [-0.15, -0.1) is 0 Å². The maximum atomic E-state index is 12.8. The van der Waals surface area contributed by atoms with Crippen LogP contribution in [0.3, 0.4) is 0 Å². The number of hydrogen-bond donors (Lipinski definition) is 1. The highest BCUT2D eigenvalue weighted by Gasteiger charge is 2.25. The molecule has 0 saturated heterocycles. The monoisotopic (exact) mass is 251 g/mol. The second-order valence-corrected chi connectivity index (χ2v) is 3.29. The summed E-state index contributed by atoms with van der Waals surface area (Å²) in [5, 5.41) is 2.54. The normalized spacial score (nSPS) is 13.1. The predicted octanol–water partition coefficient (Wildman–Crippen LogP) is 3.20. The summed E-state index contributed by atoms with van der Waals surface area (Å²) < 4.78 is 54.0. The SMILES string of the molecule is CCNC(c1ccccc1OC(F)F)C(F)F. The molecule has 6 heteroatoms. The van der Waals surface area contributed by atoms with Crippen molar-refractivity contribution in [2.75, 3.05) is 6.54 Å². The molecule has 0 amide bonds. The highest BCUT2D eigenvalue weighted by atomic mass is 19.3. The van der Waals surface area contributed by atoms with Crippen LogP contribution in [-0.4, -0.2) is 19.6 Å². The Morgan fingerprint density at radius 2 is 1.82 bits per heavy atom. The van der Waals surface area contributed by atoms with Crippen LogP contribution >= 0.6 is 0 Å². The van der Waals surface area contributed by atoms with Crippen LogP contribution in [0, 0.1) is 0 Å². The zero-order valence-corrected chi connectivity index (χ0v) is 9.17. The van der Waals surface area contributed by atoms with Crippen LogP contribution < -0.4 is 10.1 Å². The quantitative estimate of drug-likeness (QED) is 0.784. The van der Waals surface area contributed by atoms with E-state index < -0.39 is 19.1 Å². The number of rotatable bonds is 6. The lowest BCUT2D eigenvalue weighted by Crippen LogP contribution is -2.27. The molecule has 1 atom stereocenters. The minimum atomic E-state index is -3.03. The van der Waals surface area contributed by atoms with Crippen molar-refractivity contribution in [3.8, 4) is 5.75 Å². The van der Waals surface area contributed by atoms with Gasteiger partial charge in [0.15, 0.2) is 0 Å². The molecule has 0 fully saturated rings. The highest BCUT2D eigenvalue weighted by molar-refractivity contribution is 5.36. The number of alkyl halides is 4. The van der Waals surface area contributed by atoms with E-state index in [1.165, 1.54) is 24.3 Å². The third kappa shape index (κ3) is 3.89. The van der Waals surface area contributed by atoms with Gasteiger partial charge in [-0.25, -0.2) is 8.78 Å². The lowest BCUT2D eigenvalue weighted by Gasteiger charge is -2.20. The molecule has 0 spiro atoms. The molecule has 1 N–H and O–H groups in total. The van der Waals surface area contributed by atoms with Crippen molar-refractivity contribution >= 4 is 0 Å². The van der Waals surface area contributed by atoms with Crippen LogP contribution in [-0.2, 0) is 0 Å². The molecule has 0 heterocycles. The number of hydrogen-bond acceptors (Lipinski definition) is 2. The van der Waals surface area contributed by atoms with Gasteiger partial charge >= 0.3 is 6.61 Å². The maximum absolute atomic E-state index is 12.8. The minimum Gasteiger partial charge on any atom is -0.434 e. The number of para-hydroxylation sites is 1. The first kappa shape index (κ1) is 13.8. The largest absolute Gasteiger partial charge is 0.434 e. The van der Waals surface area contributed by atoms with Gasteiger partial charge in [0.05, 0.1) is 6.04 Å². The summed E-state index contributed by atoms with van der Waals surface area (Å²) in [6.07, 6.45) is -2.70. The molecular weight excluding hydrogens is 238 g/mol. The fraction of sp³-hybridized carbons (Fsp3) is 0.455. The van der Waals surface area contributed by atoms with Gasteiger partial charge in [-0.3, -0.25) is 0 Å². The average molecular weight is 251 g/mol. The third-order valence-electron chi connectivity index (χ3n) is 2.15. The fourth-order valence-electron chi connectivity index (χ4n) is 1.50. The van der Waals surface area contributed by atoms with Crippen LogP contribution in [0.15, 0.2) is 24.3 Å². The lowest BCUT2D eigenvalue weighted by molar-refractivity contribution is -0.0514. The van der Waals surface area contributed by atoms with Gasteiger partial charge in [0.1, 0.15) is 5.75 Å². The highest BCUT2D eigenvalue weighted by Crippen LogP contribution is 2.30. The van der Waals surface area contributed by atoms with Gasteiger partial charge in [-0.2, -0.15) is 8.78 Å². The Labute approximate surface area is 96.6 Å².